The Kier molecular flexibility index (Phi) is 6.56. The Morgan fingerprint density at radius 2 is 1.84 bits per heavy atom. The van der Waals surface area contributed by atoms with Crippen molar-refractivity contribution in [3.8, 4) is 11.7 Å². The van der Waals surface area contributed by atoms with Crippen LogP contribution in [0.25, 0.3) is 5.82 Å². The van der Waals surface area contributed by atoms with Crippen LogP contribution in [0.1, 0.15) is 76.1 Å². The zero-order valence-electron chi connectivity index (χ0n) is 18.6. The molecule has 0 aliphatic heterocycles. The van der Waals surface area contributed by atoms with E-state index in [1.807, 2.05) is 26.8 Å². The van der Waals surface area contributed by atoms with E-state index in [0.717, 1.165) is 24.2 Å². The maximum absolute atomic E-state index is 12.3. The first-order chi connectivity index (χ1) is 14.8. The highest BCUT2D eigenvalue weighted by molar-refractivity contribution is 6.32. The average Bonchev–Trinajstić information content (AvgIpc) is 3.06. The summed E-state index contributed by atoms with van der Waals surface area (Å²) in [6.07, 6.45) is 11.2. The fraction of sp³-hybridized carbons (Fsp3) is 0.625. The van der Waals surface area contributed by atoms with E-state index in [4.69, 9.17) is 21.1 Å². The van der Waals surface area contributed by atoms with Crippen molar-refractivity contribution >= 4 is 17.6 Å². The average molecular weight is 446 g/mol. The molecule has 0 saturated heterocycles. The molecule has 168 valence electrons. The van der Waals surface area contributed by atoms with Crippen molar-refractivity contribution in [1.29, 1.82) is 0 Å². The second kappa shape index (κ2) is 9.19. The molecule has 0 atom stereocenters. The summed E-state index contributed by atoms with van der Waals surface area (Å²) in [4.78, 5) is 16.6. The number of carbonyl (C=O) groups excluding carboxylic acids is 1. The number of halogens is 1. The number of carbonyl (C=O) groups is 1. The summed E-state index contributed by atoms with van der Waals surface area (Å²) >= 11 is 6.24. The molecular weight excluding hydrogens is 414 g/mol. The van der Waals surface area contributed by atoms with Crippen LogP contribution in [0.2, 0.25) is 5.15 Å². The Hall–Kier alpha value is -2.08. The molecule has 2 saturated carbocycles. The Bertz CT molecular complexity index is 899. The molecule has 2 fully saturated rings. The Morgan fingerprint density at radius 1 is 1.16 bits per heavy atom. The van der Waals surface area contributed by atoms with Crippen LogP contribution in [0.5, 0.6) is 5.88 Å². The highest BCUT2D eigenvalue weighted by Gasteiger charge is 2.35. The van der Waals surface area contributed by atoms with Crippen molar-refractivity contribution in [2.75, 3.05) is 6.61 Å². The number of aromatic nitrogens is 3. The molecule has 0 amide bonds. The largest absolute Gasteiger partial charge is 0.477 e. The van der Waals surface area contributed by atoms with Gasteiger partial charge in [-0.1, -0.05) is 50.1 Å². The number of rotatable bonds is 8. The van der Waals surface area contributed by atoms with Gasteiger partial charge < -0.3 is 9.47 Å². The normalized spacial score (nSPS) is 17.3. The third kappa shape index (κ3) is 5.40. The molecule has 0 unspecified atom stereocenters. The predicted molar refractivity (Wildman–Crippen MR) is 120 cm³/mol. The fourth-order valence-corrected chi connectivity index (χ4v) is 4.67. The van der Waals surface area contributed by atoms with Gasteiger partial charge in [-0.15, -0.1) is 5.10 Å². The summed E-state index contributed by atoms with van der Waals surface area (Å²) in [5.74, 6) is 3.23. The van der Waals surface area contributed by atoms with Gasteiger partial charge in [-0.05, 0) is 57.1 Å². The van der Waals surface area contributed by atoms with Gasteiger partial charge >= 0.3 is 5.97 Å². The van der Waals surface area contributed by atoms with Crippen LogP contribution in [-0.2, 0) is 4.74 Å². The van der Waals surface area contributed by atoms with E-state index in [1.54, 1.807) is 23.0 Å². The van der Waals surface area contributed by atoms with E-state index in [2.05, 4.69) is 10.1 Å². The summed E-state index contributed by atoms with van der Waals surface area (Å²) < 4.78 is 12.9. The van der Waals surface area contributed by atoms with E-state index in [0.29, 0.717) is 18.3 Å². The first-order valence-corrected chi connectivity index (χ1v) is 11.8. The maximum Gasteiger partial charge on any atom is 0.341 e. The second-order valence-corrected chi connectivity index (χ2v) is 10.1. The van der Waals surface area contributed by atoms with Gasteiger partial charge in [-0.25, -0.2) is 14.5 Å². The summed E-state index contributed by atoms with van der Waals surface area (Å²) in [5, 5.41) is 4.56. The van der Waals surface area contributed by atoms with Crippen molar-refractivity contribution in [3.63, 3.8) is 0 Å². The van der Waals surface area contributed by atoms with Crippen LogP contribution in [-0.4, -0.2) is 32.9 Å². The minimum Gasteiger partial charge on any atom is -0.477 e. The van der Waals surface area contributed by atoms with E-state index in [-0.39, 0.29) is 10.7 Å². The molecule has 0 bridgehead atoms. The lowest BCUT2D eigenvalue weighted by Gasteiger charge is -2.42. The van der Waals surface area contributed by atoms with Gasteiger partial charge in [-0.3, -0.25) is 0 Å². The molecule has 6 nitrogen and oxygen atoms in total. The minimum atomic E-state index is -0.594. The van der Waals surface area contributed by atoms with Crippen molar-refractivity contribution in [2.24, 2.45) is 17.8 Å². The van der Waals surface area contributed by atoms with E-state index in [9.17, 15) is 4.79 Å². The zero-order chi connectivity index (χ0) is 22.0. The van der Waals surface area contributed by atoms with Crippen molar-refractivity contribution < 1.29 is 14.3 Å². The van der Waals surface area contributed by atoms with Crippen molar-refractivity contribution in [3.05, 3.63) is 35.1 Å². The SMILES string of the molecule is CC(C)(C)OC(=O)c1ccc(-n2ccc(OCCC(C3CCC3)C3CCC3)n2)nc1Cl. The molecule has 2 heterocycles. The van der Waals surface area contributed by atoms with Crippen LogP contribution in [0.3, 0.4) is 0 Å². The molecule has 0 spiro atoms. The van der Waals surface area contributed by atoms with Gasteiger partial charge in [0.1, 0.15) is 10.8 Å². The highest BCUT2D eigenvalue weighted by Crippen LogP contribution is 2.45. The van der Waals surface area contributed by atoms with Gasteiger partial charge in [0.25, 0.3) is 0 Å². The molecule has 0 N–H and O–H groups in total. The van der Waals surface area contributed by atoms with E-state index >= 15 is 0 Å². The lowest BCUT2D eigenvalue weighted by atomic mass is 9.63. The number of hydrogen-bond donors (Lipinski definition) is 0. The molecule has 2 aliphatic carbocycles. The van der Waals surface area contributed by atoms with Crippen LogP contribution < -0.4 is 4.74 Å². The summed E-state index contributed by atoms with van der Waals surface area (Å²) in [7, 11) is 0. The number of esters is 1. The van der Waals surface area contributed by atoms with Crippen LogP contribution in [0.4, 0.5) is 0 Å². The number of ether oxygens (including phenoxy) is 2. The smallest absolute Gasteiger partial charge is 0.341 e. The van der Waals surface area contributed by atoms with Crippen LogP contribution in [0.15, 0.2) is 24.4 Å². The second-order valence-electron chi connectivity index (χ2n) is 9.79. The lowest BCUT2D eigenvalue weighted by Crippen LogP contribution is -2.33. The maximum atomic E-state index is 12.3. The number of pyridine rings is 1. The lowest BCUT2D eigenvalue weighted by molar-refractivity contribution is 0.00693. The van der Waals surface area contributed by atoms with Gasteiger partial charge in [0, 0.05) is 12.3 Å². The molecule has 31 heavy (non-hydrogen) atoms. The van der Waals surface area contributed by atoms with Gasteiger partial charge in [0.2, 0.25) is 5.88 Å². The number of hydrogen-bond acceptors (Lipinski definition) is 5. The molecule has 2 aliphatic rings. The quantitative estimate of drug-likeness (QED) is 0.376. The summed E-state index contributed by atoms with van der Waals surface area (Å²) in [5.41, 5.74) is -0.356. The van der Waals surface area contributed by atoms with Gasteiger partial charge in [0.15, 0.2) is 5.82 Å². The van der Waals surface area contributed by atoms with E-state index < -0.39 is 11.6 Å². The molecule has 0 radical (unpaired) electrons. The van der Waals surface area contributed by atoms with Crippen LogP contribution in [0, 0.1) is 17.8 Å². The van der Waals surface area contributed by atoms with Crippen LogP contribution >= 0.6 is 11.6 Å². The molecule has 2 aromatic heterocycles. The monoisotopic (exact) mass is 445 g/mol. The number of nitrogens with zero attached hydrogens (tertiary/aromatic N) is 3. The van der Waals surface area contributed by atoms with Gasteiger partial charge in [0.05, 0.1) is 12.2 Å². The Morgan fingerprint density at radius 3 is 2.39 bits per heavy atom. The third-order valence-electron chi connectivity index (χ3n) is 6.46. The first kappa shape index (κ1) is 22.1. The van der Waals surface area contributed by atoms with Crippen molar-refractivity contribution in [2.45, 2.75) is 71.3 Å². The van der Waals surface area contributed by atoms with Crippen molar-refractivity contribution in [1.82, 2.24) is 14.8 Å². The molecular formula is C24H32ClN3O3. The molecule has 7 heteroatoms. The highest BCUT2D eigenvalue weighted by atomic mass is 35.5. The fourth-order valence-electron chi connectivity index (χ4n) is 4.44. The Labute approximate surface area is 189 Å². The van der Waals surface area contributed by atoms with Gasteiger partial charge in [-0.2, -0.15) is 0 Å². The predicted octanol–water partition coefficient (Wildman–Crippen LogP) is 5.86. The summed E-state index contributed by atoms with van der Waals surface area (Å²) in [6.45, 7) is 6.13. The molecule has 2 aromatic rings. The van der Waals surface area contributed by atoms with E-state index in [1.165, 1.54) is 38.5 Å². The molecule has 4 rings (SSSR count). The molecule has 0 aromatic carbocycles. The summed E-state index contributed by atoms with van der Waals surface area (Å²) in [6, 6.07) is 5.15. The third-order valence-corrected chi connectivity index (χ3v) is 6.75. The topological polar surface area (TPSA) is 66.2 Å². The standard InChI is InChI=1S/C24H32ClN3O3/c1-24(2,3)31-23(29)19-10-11-20(26-22(19)25)28-14-12-21(27-28)30-15-13-18(16-6-4-7-16)17-8-5-9-17/h10-12,14,16-18H,4-9,13,15H2,1-3H3. The Balaban J connectivity index is 1.35. The zero-order valence-corrected chi connectivity index (χ0v) is 19.4. The first-order valence-electron chi connectivity index (χ1n) is 11.4. The minimum absolute atomic E-state index is 0.0913.